The Hall–Kier alpha value is -2.89. The van der Waals surface area contributed by atoms with Crippen molar-refractivity contribution in [2.75, 3.05) is 17.7 Å². The van der Waals surface area contributed by atoms with E-state index in [-0.39, 0.29) is 23.6 Å². The van der Waals surface area contributed by atoms with Gasteiger partial charge in [0.25, 0.3) is 0 Å². The van der Waals surface area contributed by atoms with Crippen LogP contribution in [0.2, 0.25) is 5.02 Å². The number of halogens is 1. The van der Waals surface area contributed by atoms with Gasteiger partial charge in [0.1, 0.15) is 17.5 Å². The first-order chi connectivity index (χ1) is 15.3. The highest BCUT2D eigenvalue weighted by Gasteiger charge is 2.24. The maximum atomic E-state index is 12.9. The van der Waals surface area contributed by atoms with Crippen molar-refractivity contribution in [3.8, 4) is 0 Å². The zero-order chi connectivity index (χ0) is 23.3. The van der Waals surface area contributed by atoms with E-state index in [0.717, 1.165) is 16.9 Å². The van der Waals surface area contributed by atoms with Gasteiger partial charge in [-0.05, 0) is 25.5 Å². The molecule has 0 bridgehead atoms. The second kappa shape index (κ2) is 10.6. The summed E-state index contributed by atoms with van der Waals surface area (Å²) in [7, 11) is 0. The van der Waals surface area contributed by atoms with Gasteiger partial charge in [0.2, 0.25) is 11.9 Å². The van der Waals surface area contributed by atoms with Crippen molar-refractivity contribution >= 4 is 57.7 Å². The molecule has 2 heterocycles. The number of carbonyl (C=O) groups excluding carboxylic acids is 2. The molecule has 0 radical (unpaired) electrons. The predicted molar refractivity (Wildman–Crippen MR) is 126 cm³/mol. The number of nitrogens with zero attached hydrogens (tertiary/aromatic N) is 4. The summed E-state index contributed by atoms with van der Waals surface area (Å²) in [5.41, 5.74) is 7.37. The van der Waals surface area contributed by atoms with Gasteiger partial charge in [0.15, 0.2) is 10.3 Å². The van der Waals surface area contributed by atoms with Crippen LogP contribution in [0.4, 0.5) is 11.1 Å². The molecular weight excluding hydrogens is 472 g/mol. The highest BCUT2D eigenvalue weighted by Crippen LogP contribution is 2.30. The minimum Gasteiger partial charge on any atom is -0.457 e. The van der Waals surface area contributed by atoms with Crippen molar-refractivity contribution in [1.82, 2.24) is 19.7 Å². The predicted octanol–water partition coefficient (Wildman–Crippen LogP) is 4.11. The number of nitrogen functional groups attached to an aromatic ring is 1. The third kappa shape index (κ3) is 5.47. The number of amides is 1. The summed E-state index contributed by atoms with van der Waals surface area (Å²) in [6.45, 7) is 6.94. The van der Waals surface area contributed by atoms with Crippen LogP contribution in [0.1, 0.15) is 33.9 Å². The molecule has 9 nitrogen and oxygen atoms in total. The van der Waals surface area contributed by atoms with Crippen molar-refractivity contribution < 1.29 is 14.3 Å². The van der Waals surface area contributed by atoms with E-state index in [1.165, 1.54) is 22.4 Å². The number of esters is 1. The number of nitrogens with two attached hydrogens (primary N) is 1. The Morgan fingerprint density at radius 2 is 2.16 bits per heavy atom. The normalized spacial score (nSPS) is 11.7. The van der Waals surface area contributed by atoms with E-state index in [9.17, 15) is 9.59 Å². The first-order valence-electron chi connectivity index (χ1n) is 9.44. The molecule has 3 rings (SSSR count). The lowest BCUT2D eigenvalue weighted by Gasteiger charge is -2.15. The third-order valence-corrected chi connectivity index (χ3v) is 6.73. The molecule has 32 heavy (non-hydrogen) atoms. The van der Waals surface area contributed by atoms with Gasteiger partial charge >= 0.3 is 5.97 Å². The fourth-order valence-corrected chi connectivity index (χ4v) is 4.85. The molecule has 3 N–H and O–H groups in total. The van der Waals surface area contributed by atoms with Gasteiger partial charge < -0.3 is 15.8 Å². The number of nitrogens with one attached hydrogen (secondary N) is 1. The van der Waals surface area contributed by atoms with Gasteiger partial charge in [0, 0.05) is 10.8 Å². The summed E-state index contributed by atoms with van der Waals surface area (Å²) in [6, 6.07) is 6.75. The second-order valence-corrected chi connectivity index (χ2v) is 8.93. The van der Waals surface area contributed by atoms with Crippen LogP contribution in [0, 0.1) is 6.92 Å². The van der Waals surface area contributed by atoms with E-state index in [4.69, 9.17) is 22.1 Å². The van der Waals surface area contributed by atoms with Gasteiger partial charge in [-0.1, -0.05) is 65.6 Å². The monoisotopic (exact) mass is 492 g/mol. The lowest BCUT2D eigenvalue weighted by atomic mass is 10.2. The number of thiazole rings is 1. The molecule has 1 amide bonds. The standard InChI is InChI=1S/C20H21ClN6O3S2/c1-4-9-30-17(29)15-11(2)23-19(32-15)24-16(28)12(3)27-18(22)25-26-20(27)31-10-13-7-5-6-8-14(13)21/h4-8,12H,1,9-10H2,2-3H3,(H2,22,25)(H,23,24,28). The Morgan fingerprint density at radius 3 is 2.88 bits per heavy atom. The summed E-state index contributed by atoms with van der Waals surface area (Å²) in [4.78, 5) is 29.5. The van der Waals surface area contributed by atoms with Crippen LogP contribution in [0.5, 0.6) is 0 Å². The summed E-state index contributed by atoms with van der Waals surface area (Å²) < 4.78 is 6.58. The summed E-state index contributed by atoms with van der Waals surface area (Å²) in [6.07, 6.45) is 1.48. The Bertz CT molecular complexity index is 1150. The Kier molecular flexibility index (Phi) is 7.89. The van der Waals surface area contributed by atoms with E-state index < -0.39 is 12.0 Å². The Morgan fingerprint density at radius 1 is 1.41 bits per heavy atom. The number of aryl methyl sites for hydroxylation is 1. The van der Waals surface area contributed by atoms with Crippen LogP contribution in [0.25, 0.3) is 0 Å². The molecule has 12 heteroatoms. The molecule has 0 aliphatic rings. The van der Waals surface area contributed by atoms with Crippen LogP contribution < -0.4 is 11.1 Å². The fourth-order valence-electron chi connectivity index (χ4n) is 2.68. The van der Waals surface area contributed by atoms with Crippen LogP contribution in [-0.4, -0.2) is 38.2 Å². The SMILES string of the molecule is C=CCOC(=O)c1sc(NC(=O)C(C)n2c(N)nnc2SCc2ccccc2Cl)nc1C. The molecule has 3 aromatic rings. The molecule has 0 saturated heterocycles. The summed E-state index contributed by atoms with van der Waals surface area (Å²) in [5, 5.41) is 12.1. The summed E-state index contributed by atoms with van der Waals surface area (Å²) >= 11 is 8.62. The van der Waals surface area contributed by atoms with E-state index in [0.29, 0.717) is 26.5 Å². The van der Waals surface area contributed by atoms with E-state index in [2.05, 4.69) is 27.1 Å². The lowest BCUT2D eigenvalue weighted by molar-refractivity contribution is -0.118. The summed E-state index contributed by atoms with van der Waals surface area (Å²) in [5.74, 6) is -0.252. The molecule has 0 aliphatic heterocycles. The molecule has 0 saturated carbocycles. The van der Waals surface area contributed by atoms with Gasteiger partial charge in [-0.25, -0.2) is 9.78 Å². The maximum Gasteiger partial charge on any atom is 0.350 e. The van der Waals surface area contributed by atoms with Crippen LogP contribution in [0.3, 0.4) is 0 Å². The van der Waals surface area contributed by atoms with E-state index in [1.807, 2.05) is 24.3 Å². The average molecular weight is 493 g/mol. The topological polar surface area (TPSA) is 125 Å². The molecule has 0 aliphatic carbocycles. The molecular formula is C20H21ClN6O3S2. The second-order valence-electron chi connectivity index (χ2n) is 6.58. The number of rotatable bonds is 9. The largest absolute Gasteiger partial charge is 0.457 e. The van der Waals surface area contributed by atoms with Gasteiger partial charge in [-0.2, -0.15) is 0 Å². The maximum absolute atomic E-state index is 12.9. The number of hydrogen-bond acceptors (Lipinski definition) is 9. The third-order valence-electron chi connectivity index (χ3n) is 4.32. The number of benzene rings is 1. The number of hydrogen-bond donors (Lipinski definition) is 2. The number of ether oxygens (including phenoxy) is 1. The molecule has 1 unspecified atom stereocenters. The van der Waals surface area contributed by atoms with E-state index >= 15 is 0 Å². The van der Waals surface area contributed by atoms with Crippen molar-refractivity contribution in [2.45, 2.75) is 30.8 Å². The molecule has 2 aromatic heterocycles. The van der Waals surface area contributed by atoms with Gasteiger partial charge in [-0.3, -0.25) is 9.36 Å². The Balaban J connectivity index is 1.71. The molecule has 0 fully saturated rings. The molecule has 0 spiro atoms. The first-order valence-corrected chi connectivity index (χ1v) is 11.6. The van der Waals surface area contributed by atoms with Crippen LogP contribution >= 0.6 is 34.7 Å². The first kappa shape index (κ1) is 23.8. The van der Waals surface area contributed by atoms with Crippen molar-refractivity contribution in [2.24, 2.45) is 0 Å². The quantitative estimate of drug-likeness (QED) is 0.259. The van der Waals surface area contributed by atoms with Crippen molar-refractivity contribution in [3.05, 3.63) is 58.1 Å². The fraction of sp³-hybridized carbons (Fsp3) is 0.250. The zero-order valence-corrected chi connectivity index (χ0v) is 19.8. The van der Waals surface area contributed by atoms with Gasteiger partial charge in [0.05, 0.1) is 5.69 Å². The number of anilines is 2. The number of aromatic nitrogens is 4. The number of carbonyl (C=O) groups is 2. The molecule has 168 valence electrons. The lowest BCUT2D eigenvalue weighted by Crippen LogP contribution is -2.25. The highest BCUT2D eigenvalue weighted by atomic mass is 35.5. The van der Waals surface area contributed by atoms with Crippen molar-refractivity contribution in [1.29, 1.82) is 0 Å². The minimum absolute atomic E-state index is 0.0937. The van der Waals surface area contributed by atoms with E-state index in [1.54, 1.807) is 13.8 Å². The average Bonchev–Trinajstić information content (AvgIpc) is 3.32. The Labute approximate surface area is 198 Å². The molecule has 1 aromatic carbocycles. The van der Waals surface area contributed by atoms with Crippen LogP contribution in [-0.2, 0) is 15.3 Å². The molecule has 1 atom stereocenters. The smallest absolute Gasteiger partial charge is 0.350 e. The van der Waals surface area contributed by atoms with Crippen LogP contribution in [0.15, 0.2) is 42.1 Å². The highest BCUT2D eigenvalue weighted by molar-refractivity contribution is 7.98. The van der Waals surface area contributed by atoms with Crippen molar-refractivity contribution in [3.63, 3.8) is 0 Å². The minimum atomic E-state index is -0.723. The van der Waals surface area contributed by atoms with Gasteiger partial charge in [-0.15, -0.1) is 10.2 Å². The number of thioether (sulfide) groups is 1. The zero-order valence-electron chi connectivity index (χ0n) is 17.4.